The predicted octanol–water partition coefficient (Wildman–Crippen LogP) is 6.87. The Morgan fingerprint density at radius 2 is 1.65 bits per heavy atom. The smallest absolute Gasteiger partial charge is 0.306 e. The molecule has 0 bridgehead atoms. The number of halogens is 1. The molecule has 180 valence electrons. The molecule has 0 saturated heterocycles. The molecule has 0 spiro atoms. The van der Waals surface area contributed by atoms with Crippen LogP contribution in [0.5, 0.6) is 23.0 Å². The Morgan fingerprint density at radius 3 is 2.38 bits per heavy atom. The first-order valence-electron chi connectivity index (χ1n) is 11.6. The van der Waals surface area contributed by atoms with Crippen molar-refractivity contribution in [3.8, 4) is 23.0 Å². The molecule has 0 aromatic heterocycles. The number of carbonyl (C=O) groups excluding carboxylic acids is 1. The van der Waals surface area contributed by atoms with Gasteiger partial charge < -0.3 is 18.9 Å². The van der Waals surface area contributed by atoms with Crippen molar-refractivity contribution < 1.29 is 28.1 Å². The molecule has 0 N–H and O–H groups in total. The zero-order valence-corrected chi connectivity index (χ0v) is 19.7. The van der Waals surface area contributed by atoms with Crippen molar-refractivity contribution in [1.82, 2.24) is 0 Å². The number of benzene rings is 3. The number of hydrogen-bond donors (Lipinski definition) is 0. The van der Waals surface area contributed by atoms with Gasteiger partial charge in [0.2, 0.25) is 0 Å². The summed E-state index contributed by atoms with van der Waals surface area (Å²) in [5, 5.41) is 0. The van der Waals surface area contributed by atoms with Crippen LogP contribution < -0.4 is 14.2 Å². The SMILES string of the molecule is CCCCOc1cc(COc2ccc(CCC(=O)OCC)cc2F)cc(Oc2ccccc2)c1. The molecule has 6 heteroatoms. The summed E-state index contributed by atoms with van der Waals surface area (Å²) in [7, 11) is 0. The maximum Gasteiger partial charge on any atom is 0.306 e. The van der Waals surface area contributed by atoms with Crippen LogP contribution in [0.4, 0.5) is 4.39 Å². The summed E-state index contributed by atoms with van der Waals surface area (Å²) >= 11 is 0. The number of aryl methyl sites for hydroxylation is 1. The third kappa shape index (κ3) is 8.10. The van der Waals surface area contributed by atoms with Crippen LogP contribution in [0.3, 0.4) is 0 Å². The van der Waals surface area contributed by atoms with Crippen molar-refractivity contribution in [2.45, 2.75) is 46.1 Å². The lowest BCUT2D eigenvalue weighted by molar-refractivity contribution is -0.143. The summed E-state index contributed by atoms with van der Waals surface area (Å²) in [5.41, 5.74) is 1.51. The topological polar surface area (TPSA) is 54.0 Å². The Bertz CT molecular complexity index is 1050. The Kier molecular flexibility index (Phi) is 9.77. The van der Waals surface area contributed by atoms with Crippen molar-refractivity contribution in [3.05, 3.63) is 83.7 Å². The summed E-state index contributed by atoms with van der Waals surface area (Å²) in [6.45, 7) is 4.95. The van der Waals surface area contributed by atoms with Crippen LogP contribution in [-0.2, 0) is 22.6 Å². The number of hydrogen-bond acceptors (Lipinski definition) is 5. The fourth-order valence-corrected chi connectivity index (χ4v) is 3.27. The van der Waals surface area contributed by atoms with Crippen molar-refractivity contribution in [3.63, 3.8) is 0 Å². The van der Waals surface area contributed by atoms with Gasteiger partial charge >= 0.3 is 5.97 Å². The lowest BCUT2D eigenvalue weighted by Crippen LogP contribution is -2.05. The highest BCUT2D eigenvalue weighted by Gasteiger charge is 2.10. The van der Waals surface area contributed by atoms with Gasteiger partial charge in [0.1, 0.15) is 23.9 Å². The Hall–Kier alpha value is -3.54. The highest BCUT2D eigenvalue weighted by Crippen LogP contribution is 2.29. The van der Waals surface area contributed by atoms with Crippen LogP contribution in [-0.4, -0.2) is 19.2 Å². The fraction of sp³-hybridized carbons (Fsp3) is 0.321. The van der Waals surface area contributed by atoms with Crippen LogP contribution in [0.25, 0.3) is 0 Å². The van der Waals surface area contributed by atoms with E-state index in [1.807, 2.05) is 48.5 Å². The lowest BCUT2D eigenvalue weighted by Gasteiger charge is -2.13. The van der Waals surface area contributed by atoms with Gasteiger partial charge in [0, 0.05) is 12.5 Å². The predicted molar refractivity (Wildman–Crippen MR) is 129 cm³/mol. The van der Waals surface area contributed by atoms with Crippen molar-refractivity contribution in [2.24, 2.45) is 0 Å². The number of esters is 1. The summed E-state index contributed by atoms with van der Waals surface area (Å²) in [6, 6.07) is 19.8. The first-order chi connectivity index (χ1) is 16.6. The first-order valence-corrected chi connectivity index (χ1v) is 11.6. The van der Waals surface area contributed by atoms with Crippen LogP contribution in [0, 0.1) is 5.82 Å². The molecule has 34 heavy (non-hydrogen) atoms. The van der Waals surface area contributed by atoms with Crippen LogP contribution in [0.15, 0.2) is 66.7 Å². The van der Waals surface area contributed by atoms with Crippen molar-refractivity contribution in [1.29, 1.82) is 0 Å². The van der Waals surface area contributed by atoms with Crippen LogP contribution >= 0.6 is 0 Å². The van der Waals surface area contributed by atoms with Gasteiger partial charge in [-0.05, 0) is 67.3 Å². The van der Waals surface area contributed by atoms with Gasteiger partial charge in [-0.1, -0.05) is 37.6 Å². The number of unbranched alkanes of at least 4 members (excludes halogenated alkanes) is 1. The summed E-state index contributed by atoms with van der Waals surface area (Å²) < 4.78 is 37.1. The van der Waals surface area contributed by atoms with Crippen molar-refractivity contribution in [2.75, 3.05) is 13.2 Å². The zero-order chi connectivity index (χ0) is 24.2. The zero-order valence-electron chi connectivity index (χ0n) is 19.7. The van der Waals surface area contributed by atoms with E-state index in [2.05, 4.69) is 6.92 Å². The van der Waals surface area contributed by atoms with E-state index in [0.717, 1.165) is 18.4 Å². The molecule has 0 aliphatic carbocycles. The monoisotopic (exact) mass is 466 g/mol. The van der Waals surface area contributed by atoms with Gasteiger partial charge in [-0.2, -0.15) is 0 Å². The second-order valence-corrected chi connectivity index (χ2v) is 7.79. The second kappa shape index (κ2) is 13.2. The molecule has 0 fully saturated rings. The summed E-state index contributed by atoms with van der Waals surface area (Å²) in [5.74, 6) is 1.38. The van der Waals surface area contributed by atoms with E-state index >= 15 is 0 Å². The molecule has 0 heterocycles. The third-order valence-electron chi connectivity index (χ3n) is 5.00. The highest BCUT2D eigenvalue weighted by atomic mass is 19.1. The maximum atomic E-state index is 14.6. The molecule has 0 saturated carbocycles. The largest absolute Gasteiger partial charge is 0.493 e. The molecule has 0 unspecified atom stereocenters. The summed E-state index contributed by atoms with van der Waals surface area (Å²) in [4.78, 5) is 11.5. The Balaban J connectivity index is 1.67. The molecule has 0 aliphatic heterocycles. The van der Waals surface area contributed by atoms with Gasteiger partial charge in [0.25, 0.3) is 0 Å². The Labute approximate surface area is 200 Å². The molecule has 3 aromatic rings. The highest BCUT2D eigenvalue weighted by molar-refractivity contribution is 5.69. The molecule has 0 radical (unpaired) electrons. The van der Waals surface area contributed by atoms with Gasteiger partial charge in [0.15, 0.2) is 11.6 Å². The minimum Gasteiger partial charge on any atom is -0.493 e. The number of ether oxygens (including phenoxy) is 4. The summed E-state index contributed by atoms with van der Waals surface area (Å²) in [6.07, 6.45) is 2.60. The number of para-hydroxylation sites is 1. The van der Waals surface area contributed by atoms with Gasteiger partial charge in [0.05, 0.1) is 13.2 Å². The van der Waals surface area contributed by atoms with Crippen LogP contribution in [0.2, 0.25) is 0 Å². The minimum absolute atomic E-state index is 0.141. The van der Waals surface area contributed by atoms with E-state index in [1.54, 1.807) is 19.1 Å². The van der Waals surface area contributed by atoms with E-state index in [0.29, 0.717) is 42.4 Å². The van der Waals surface area contributed by atoms with Crippen molar-refractivity contribution >= 4 is 5.97 Å². The van der Waals surface area contributed by atoms with E-state index in [-0.39, 0.29) is 24.7 Å². The molecule has 3 aromatic carbocycles. The van der Waals surface area contributed by atoms with Gasteiger partial charge in [-0.25, -0.2) is 4.39 Å². The third-order valence-corrected chi connectivity index (χ3v) is 5.00. The number of carbonyl (C=O) groups is 1. The second-order valence-electron chi connectivity index (χ2n) is 7.79. The van der Waals surface area contributed by atoms with E-state index in [1.165, 1.54) is 6.07 Å². The fourth-order valence-electron chi connectivity index (χ4n) is 3.27. The molecular weight excluding hydrogens is 435 g/mol. The molecule has 0 aliphatic rings. The average Bonchev–Trinajstić information content (AvgIpc) is 2.83. The number of rotatable bonds is 13. The average molecular weight is 467 g/mol. The molecule has 0 amide bonds. The van der Waals surface area contributed by atoms with Crippen LogP contribution in [0.1, 0.15) is 44.2 Å². The van der Waals surface area contributed by atoms with E-state index in [9.17, 15) is 9.18 Å². The standard InChI is InChI=1S/C28H31FO5/c1-3-5-15-32-24-16-22(17-25(19-24)34-23-9-7-6-8-10-23)20-33-27-13-11-21(18-26(27)29)12-14-28(30)31-4-2/h6-11,13,16-19H,3-5,12,14-15,20H2,1-2H3. The van der Waals surface area contributed by atoms with Gasteiger partial charge in [-0.3, -0.25) is 4.79 Å². The van der Waals surface area contributed by atoms with E-state index in [4.69, 9.17) is 18.9 Å². The first kappa shape index (κ1) is 25.1. The molecular formula is C28H31FO5. The maximum absolute atomic E-state index is 14.6. The van der Waals surface area contributed by atoms with Gasteiger partial charge in [-0.15, -0.1) is 0 Å². The lowest BCUT2D eigenvalue weighted by atomic mass is 10.1. The quantitative estimate of drug-likeness (QED) is 0.203. The normalized spacial score (nSPS) is 10.6. The molecule has 5 nitrogen and oxygen atoms in total. The molecule has 0 atom stereocenters. The Morgan fingerprint density at radius 1 is 0.853 bits per heavy atom. The van der Waals surface area contributed by atoms with E-state index < -0.39 is 5.82 Å². The minimum atomic E-state index is -0.475. The molecule has 3 rings (SSSR count).